The lowest BCUT2D eigenvalue weighted by molar-refractivity contribution is 0.370. The van der Waals surface area contributed by atoms with E-state index in [0.29, 0.717) is 12.6 Å². The molecule has 19 heavy (non-hydrogen) atoms. The van der Waals surface area contributed by atoms with Crippen LogP contribution < -0.4 is 10.5 Å². The fourth-order valence-corrected chi connectivity index (χ4v) is 2.99. The number of rotatable bonds is 5. The molecule has 0 aliphatic rings. The summed E-state index contributed by atoms with van der Waals surface area (Å²) in [6, 6.07) is 0.807. The number of nitrogen functional groups attached to an aromatic ring is 1. The summed E-state index contributed by atoms with van der Waals surface area (Å²) in [4.78, 5) is 1.12. The van der Waals surface area contributed by atoms with Crippen molar-refractivity contribution in [1.82, 2.24) is 9.62 Å². The van der Waals surface area contributed by atoms with E-state index >= 15 is 0 Å². The highest BCUT2D eigenvalue weighted by atomic mass is 32.2. The lowest BCUT2D eigenvalue weighted by atomic mass is 10.3. The smallest absolute Gasteiger partial charge is 0.243 e. The minimum Gasteiger partial charge on any atom is -0.396 e. The predicted molar refractivity (Wildman–Crippen MR) is 69.1 cm³/mol. The van der Waals surface area contributed by atoms with E-state index in [1.165, 1.54) is 0 Å². The number of likely N-dealkylation sites (N-methyl/N-ethyl adjacent to an activating group) is 1. The standard InChI is InChI=1S/C11H17F2N3O2S/c1-7(6-16(2)3)15-19(17,18)11-5-10(14)8(12)4-9(11)13/h4-5,7,15H,6,14H2,1-3H3. The van der Waals surface area contributed by atoms with E-state index < -0.39 is 38.3 Å². The highest BCUT2D eigenvalue weighted by Gasteiger charge is 2.23. The number of nitrogens with two attached hydrogens (primary N) is 1. The molecule has 108 valence electrons. The zero-order valence-corrected chi connectivity index (χ0v) is 11.8. The summed E-state index contributed by atoms with van der Waals surface area (Å²) in [5.41, 5.74) is 4.84. The molecule has 1 aromatic rings. The van der Waals surface area contributed by atoms with Crippen LogP contribution in [0.15, 0.2) is 17.0 Å². The average molecular weight is 293 g/mol. The minimum absolute atomic E-state index is 0.415. The van der Waals surface area contributed by atoms with E-state index in [9.17, 15) is 17.2 Å². The van der Waals surface area contributed by atoms with Crippen molar-refractivity contribution in [2.24, 2.45) is 0 Å². The molecule has 0 saturated heterocycles. The second-order valence-corrected chi connectivity index (χ2v) is 6.27. The first-order valence-corrected chi connectivity index (χ1v) is 7.03. The number of nitrogens with zero attached hydrogens (tertiary/aromatic N) is 1. The molecule has 8 heteroatoms. The molecule has 1 aromatic carbocycles. The first-order valence-electron chi connectivity index (χ1n) is 5.55. The van der Waals surface area contributed by atoms with E-state index in [-0.39, 0.29) is 0 Å². The van der Waals surface area contributed by atoms with Gasteiger partial charge >= 0.3 is 0 Å². The van der Waals surface area contributed by atoms with Crippen molar-refractivity contribution in [2.45, 2.75) is 17.9 Å². The van der Waals surface area contributed by atoms with Gasteiger partial charge in [0.1, 0.15) is 16.5 Å². The van der Waals surface area contributed by atoms with Gasteiger partial charge in [0.2, 0.25) is 10.0 Å². The molecule has 5 nitrogen and oxygen atoms in total. The van der Waals surface area contributed by atoms with Crippen LogP contribution >= 0.6 is 0 Å². The van der Waals surface area contributed by atoms with Crippen LogP contribution in [-0.4, -0.2) is 40.0 Å². The lowest BCUT2D eigenvalue weighted by Gasteiger charge is -2.18. The van der Waals surface area contributed by atoms with Gasteiger partial charge in [0.15, 0.2) is 0 Å². The molecular weight excluding hydrogens is 276 g/mol. The third-order valence-electron chi connectivity index (χ3n) is 2.34. The van der Waals surface area contributed by atoms with E-state index in [1.807, 2.05) is 0 Å². The summed E-state index contributed by atoms with van der Waals surface area (Å²) in [5.74, 6) is -2.16. The molecule has 0 fully saturated rings. The Hall–Kier alpha value is -1.25. The lowest BCUT2D eigenvalue weighted by Crippen LogP contribution is -2.39. The van der Waals surface area contributed by atoms with Crippen LogP contribution in [0.25, 0.3) is 0 Å². The van der Waals surface area contributed by atoms with Crippen molar-refractivity contribution < 1.29 is 17.2 Å². The van der Waals surface area contributed by atoms with Crippen LogP contribution in [0.2, 0.25) is 0 Å². The van der Waals surface area contributed by atoms with E-state index in [0.717, 1.165) is 6.07 Å². The molecule has 0 saturated carbocycles. The van der Waals surface area contributed by atoms with Gasteiger partial charge in [-0.3, -0.25) is 0 Å². The minimum atomic E-state index is -4.07. The summed E-state index contributed by atoms with van der Waals surface area (Å²) < 4.78 is 52.7. The largest absolute Gasteiger partial charge is 0.396 e. The monoisotopic (exact) mass is 293 g/mol. The molecule has 1 rings (SSSR count). The number of benzene rings is 1. The van der Waals surface area contributed by atoms with Crippen LogP contribution in [0.3, 0.4) is 0 Å². The molecule has 0 aromatic heterocycles. The van der Waals surface area contributed by atoms with Crippen molar-refractivity contribution in [3.05, 3.63) is 23.8 Å². The SMILES string of the molecule is CC(CN(C)C)NS(=O)(=O)c1cc(N)c(F)cc1F. The maximum atomic E-state index is 13.5. The summed E-state index contributed by atoms with van der Waals surface area (Å²) >= 11 is 0. The van der Waals surface area contributed by atoms with Gasteiger partial charge in [-0.15, -0.1) is 0 Å². The fourth-order valence-electron chi connectivity index (χ4n) is 1.66. The van der Waals surface area contributed by atoms with E-state index in [1.54, 1.807) is 25.9 Å². The Labute approximate surface area is 111 Å². The third kappa shape index (κ3) is 4.12. The van der Waals surface area contributed by atoms with Gasteiger partial charge in [0.05, 0.1) is 5.69 Å². The van der Waals surface area contributed by atoms with Crippen LogP contribution in [0.5, 0.6) is 0 Å². The molecule has 0 radical (unpaired) electrons. The average Bonchev–Trinajstić information content (AvgIpc) is 2.20. The molecule has 0 aliphatic carbocycles. The zero-order valence-electron chi connectivity index (χ0n) is 10.9. The second-order valence-electron chi connectivity index (χ2n) is 4.59. The highest BCUT2D eigenvalue weighted by Crippen LogP contribution is 2.21. The van der Waals surface area contributed by atoms with Crippen LogP contribution in [0.1, 0.15) is 6.92 Å². The van der Waals surface area contributed by atoms with Gasteiger partial charge in [-0.2, -0.15) is 0 Å². The van der Waals surface area contributed by atoms with Crippen molar-refractivity contribution in [3.8, 4) is 0 Å². The van der Waals surface area contributed by atoms with Crippen LogP contribution in [0.4, 0.5) is 14.5 Å². The summed E-state index contributed by atoms with van der Waals surface area (Å²) in [6.45, 7) is 2.08. The quantitative estimate of drug-likeness (QED) is 0.787. The third-order valence-corrected chi connectivity index (χ3v) is 3.94. The van der Waals surface area contributed by atoms with Gasteiger partial charge in [0, 0.05) is 18.7 Å². The molecule has 0 aliphatic heterocycles. The molecule has 0 heterocycles. The maximum Gasteiger partial charge on any atom is 0.243 e. The van der Waals surface area contributed by atoms with Crippen molar-refractivity contribution in [1.29, 1.82) is 0 Å². The molecule has 1 atom stereocenters. The highest BCUT2D eigenvalue weighted by molar-refractivity contribution is 7.89. The molecule has 0 amide bonds. The summed E-state index contributed by atoms with van der Waals surface area (Å²) in [5, 5.41) is 0. The van der Waals surface area contributed by atoms with E-state index in [4.69, 9.17) is 5.73 Å². The fraction of sp³-hybridized carbons (Fsp3) is 0.455. The molecule has 1 unspecified atom stereocenters. The van der Waals surface area contributed by atoms with Gasteiger partial charge in [0.25, 0.3) is 0 Å². The van der Waals surface area contributed by atoms with Crippen LogP contribution in [0, 0.1) is 11.6 Å². The normalized spacial score (nSPS) is 13.8. The predicted octanol–water partition coefficient (Wildman–Crippen LogP) is 0.775. The maximum absolute atomic E-state index is 13.5. The first kappa shape index (κ1) is 15.8. The zero-order chi connectivity index (χ0) is 14.8. The second kappa shape index (κ2) is 5.81. The Morgan fingerprint density at radius 3 is 2.42 bits per heavy atom. The Kier molecular flexibility index (Phi) is 4.83. The van der Waals surface area contributed by atoms with Gasteiger partial charge in [-0.1, -0.05) is 0 Å². The Bertz CT molecular complexity index is 561. The van der Waals surface area contributed by atoms with Crippen molar-refractivity contribution in [2.75, 3.05) is 26.4 Å². The molecule has 0 spiro atoms. The Morgan fingerprint density at radius 2 is 1.89 bits per heavy atom. The number of hydrogen-bond donors (Lipinski definition) is 2. The molecular formula is C11H17F2N3O2S. The Balaban J connectivity index is 3.04. The summed E-state index contributed by atoms with van der Waals surface area (Å²) in [7, 11) is -0.515. The number of sulfonamides is 1. The van der Waals surface area contributed by atoms with Crippen molar-refractivity contribution in [3.63, 3.8) is 0 Å². The molecule has 0 bridgehead atoms. The topological polar surface area (TPSA) is 75.4 Å². The van der Waals surface area contributed by atoms with Gasteiger partial charge in [-0.25, -0.2) is 21.9 Å². The van der Waals surface area contributed by atoms with Gasteiger partial charge < -0.3 is 10.6 Å². The van der Waals surface area contributed by atoms with Crippen molar-refractivity contribution >= 4 is 15.7 Å². The van der Waals surface area contributed by atoms with Gasteiger partial charge in [-0.05, 0) is 27.1 Å². The Morgan fingerprint density at radius 1 is 1.32 bits per heavy atom. The first-order chi connectivity index (χ1) is 8.63. The molecule has 3 N–H and O–H groups in total. The summed E-state index contributed by atoms with van der Waals surface area (Å²) in [6.07, 6.45) is 0. The number of hydrogen-bond acceptors (Lipinski definition) is 4. The number of halogens is 2. The van der Waals surface area contributed by atoms with E-state index in [2.05, 4.69) is 4.72 Å². The number of anilines is 1. The number of nitrogens with one attached hydrogen (secondary N) is 1. The van der Waals surface area contributed by atoms with Crippen LogP contribution in [-0.2, 0) is 10.0 Å².